The lowest BCUT2D eigenvalue weighted by molar-refractivity contribution is 0.0952. The number of fused-ring (bicyclic) bond motifs is 1. The Labute approximate surface area is 162 Å². The molecule has 0 aliphatic rings. The van der Waals surface area contributed by atoms with Crippen molar-refractivity contribution in [3.05, 3.63) is 83.8 Å². The Kier molecular flexibility index (Phi) is 4.76. The third kappa shape index (κ3) is 3.57. The number of amides is 1. The summed E-state index contributed by atoms with van der Waals surface area (Å²) in [4.78, 5) is 17.2. The Morgan fingerprint density at radius 1 is 1.11 bits per heavy atom. The average molecular weight is 372 g/mol. The molecule has 2 heterocycles. The highest BCUT2D eigenvalue weighted by atomic mass is 16.5. The molecule has 0 aliphatic carbocycles. The number of hydrogen-bond acceptors (Lipinski definition) is 4. The first-order chi connectivity index (χ1) is 13.6. The standard InChI is InChI=1S/C22H20N4O2/c1-15-13-20(19-5-3-4-6-21(19)24-15)22(27)23-14-16-11-12-26(25-16)17-7-9-18(28-2)10-8-17/h3-13H,14H2,1-2H3,(H,23,27). The van der Waals surface area contributed by atoms with Crippen LogP contribution in [0.5, 0.6) is 5.75 Å². The average Bonchev–Trinajstić information content (AvgIpc) is 3.20. The van der Waals surface area contributed by atoms with Gasteiger partial charge in [-0.25, -0.2) is 4.68 Å². The van der Waals surface area contributed by atoms with Crippen molar-refractivity contribution in [2.24, 2.45) is 0 Å². The Hall–Kier alpha value is -3.67. The zero-order valence-electron chi connectivity index (χ0n) is 15.7. The molecule has 28 heavy (non-hydrogen) atoms. The Balaban J connectivity index is 1.49. The topological polar surface area (TPSA) is 69.0 Å². The van der Waals surface area contributed by atoms with Gasteiger partial charge in [-0.15, -0.1) is 0 Å². The molecule has 4 aromatic rings. The van der Waals surface area contributed by atoms with Gasteiger partial charge in [0.05, 0.1) is 36.1 Å². The largest absolute Gasteiger partial charge is 0.497 e. The summed E-state index contributed by atoms with van der Waals surface area (Å²) in [7, 11) is 1.64. The molecule has 2 aromatic carbocycles. The van der Waals surface area contributed by atoms with Crippen molar-refractivity contribution in [3.8, 4) is 11.4 Å². The van der Waals surface area contributed by atoms with Gasteiger partial charge in [-0.3, -0.25) is 9.78 Å². The fourth-order valence-electron chi connectivity index (χ4n) is 3.10. The predicted molar refractivity (Wildman–Crippen MR) is 108 cm³/mol. The lowest BCUT2D eigenvalue weighted by Gasteiger charge is -2.08. The van der Waals surface area contributed by atoms with E-state index >= 15 is 0 Å². The zero-order valence-corrected chi connectivity index (χ0v) is 15.7. The minimum absolute atomic E-state index is 0.138. The summed E-state index contributed by atoms with van der Waals surface area (Å²) in [5.41, 5.74) is 3.95. The van der Waals surface area contributed by atoms with Gasteiger partial charge in [-0.1, -0.05) is 18.2 Å². The van der Waals surface area contributed by atoms with Gasteiger partial charge in [0, 0.05) is 17.3 Å². The minimum atomic E-state index is -0.138. The van der Waals surface area contributed by atoms with Gasteiger partial charge >= 0.3 is 0 Å². The lowest BCUT2D eigenvalue weighted by atomic mass is 10.1. The van der Waals surface area contributed by atoms with Crippen LogP contribution < -0.4 is 10.1 Å². The van der Waals surface area contributed by atoms with E-state index in [4.69, 9.17) is 4.74 Å². The number of rotatable bonds is 5. The number of aryl methyl sites for hydroxylation is 1. The van der Waals surface area contributed by atoms with Crippen molar-refractivity contribution in [2.45, 2.75) is 13.5 Å². The first-order valence-electron chi connectivity index (χ1n) is 8.97. The summed E-state index contributed by atoms with van der Waals surface area (Å²) in [5.74, 6) is 0.656. The molecule has 0 saturated heterocycles. The number of para-hydroxylation sites is 1. The van der Waals surface area contributed by atoms with E-state index in [0.717, 1.165) is 33.7 Å². The molecule has 0 saturated carbocycles. The third-order valence-electron chi connectivity index (χ3n) is 4.50. The molecule has 0 spiro atoms. The summed E-state index contributed by atoms with van der Waals surface area (Å²) < 4.78 is 6.95. The van der Waals surface area contributed by atoms with Crippen LogP contribution >= 0.6 is 0 Å². The number of pyridine rings is 1. The lowest BCUT2D eigenvalue weighted by Crippen LogP contribution is -2.23. The normalized spacial score (nSPS) is 10.8. The van der Waals surface area contributed by atoms with Crippen LogP contribution in [0.2, 0.25) is 0 Å². The van der Waals surface area contributed by atoms with E-state index in [2.05, 4.69) is 15.4 Å². The quantitative estimate of drug-likeness (QED) is 0.580. The number of aromatic nitrogens is 3. The molecule has 1 amide bonds. The molecule has 0 unspecified atom stereocenters. The van der Waals surface area contributed by atoms with Crippen LogP contribution in [-0.2, 0) is 6.54 Å². The summed E-state index contributed by atoms with van der Waals surface area (Å²) in [6, 6.07) is 19.0. The van der Waals surface area contributed by atoms with Crippen molar-refractivity contribution in [1.82, 2.24) is 20.1 Å². The summed E-state index contributed by atoms with van der Waals surface area (Å²) in [5, 5.41) is 8.33. The van der Waals surface area contributed by atoms with Crippen LogP contribution in [0.15, 0.2) is 66.9 Å². The van der Waals surface area contributed by atoms with Crippen LogP contribution in [0.4, 0.5) is 0 Å². The smallest absolute Gasteiger partial charge is 0.252 e. The van der Waals surface area contributed by atoms with Crippen molar-refractivity contribution in [2.75, 3.05) is 7.11 Å². The summed E-state index contributed by atoms with van der Waals surface area (Å²) in [6.45, 7) is 2.23. The molecule has 0 aliphatic heterocycles. The summed E-state index contributed by atoms with van der Waals surface area (Å²) in [6.07, 6.45) is 1.87. The van der Waals surface area contributed by atoms with Gasteiger partial charge in [0.25, 0.3) is 5.91 Å². The minimum Gasteiger partial charge on any atom is -0.497 e. The molecule has 0 bridgehead atoms. The zero-order chi connectivity index (χ0) is 19.5. The van der Waals surface area contributed by atoms with Gasteiger partial charge in [0.1, 0.15) is 5.75 Å². The number of nitrogens with one attached hydrogen (secondary N) is 1. The van der Waals surface area contributed by atoms with Gasteiger partial charge in [0.2, 0.25) is 0 Å². The van der Waals surface area contributed by atoms with Crippen LogP contribution in [0.1, 0.15) is 21.7 Å². The monoisotopic (exact) mass is 372 g/mol. The molecule has 0 radical (unpaired) electrons. The van der Waals surface area contributed by atoms with E-state index in [0.29, 0.717) is 12.1 Å². The SMILES string of the molecule is COc1ccc(-n2ccc(CNC(=O)c3cc(C)nc4ccccc34)n2)cc1. The first kappa shape index (κ1) is 17.7. The number of benzene rings is 2. The highest BCUT2D eigenvalue weighted by molar-refractivity contribution is 6.06. The van der Waals surface area contributed by atoms with Crippen LogP contribution in [0.3, 0.4) is 0 Å². The van der Waals surface area contributed by atoms with E-state index in [-0.39, 0.29) is 5.91 Å². The number of hydrogen-bond donors (Lipinski definition) is 1. The van der Waals surface area contributed by atoms with Gasteiger partial charge < -0.3 is 10.1 Å². The maximum absolute atomic E-state index is 12.7. The van der Waals surface area contributed by atoms with E-state index in [1.54, 1.807) is 11.8 Å². The molecule has 0 fully saturated rings. The Morgan fingerprint density at radius 2 is 1.89 bits per heavy atom. The number of carbonyl (C=O) groups is 1. The number of nitrogens with zero attached hydrogens (tertiary/aromatic N) is 3. The van der Waals surface area contributed by atoms with Crippen molar-refractivity contribution < 1.29 is 9.53 Å². The highest BCUT2D eigenvalue weighted by Crippen LogP contribution is 2.18. The van der Waals surface area contributed by atoms with Gasteiger partial charge in [-0.2, -0.15) is 5.10 Å². The van der Waals surface area contributed by atoms with Crippen molar-refractivity contribution in [1.29, 1.82) is 0 Å². The van der Waals surface area contributed by atoms with E-state index < -0.39 is 0 Å². The van der Waals surface area contributed by atoms with Crippen LogP contribution in [0, 0.1) is 6.92 Å². The summed E-state index contributed by atoms with van der Waals surface area (Å²) >= 11 is 0. The van der Waals surface area contributed by atoms with E-state index in [1.165, 1.54) is 0 Å². The molecule has 6 heteroatoms. The first-order valence-corrected chi connectivity index (χ1v) is 8.97. The highest BCUT2D eigenvalue weighted by Gasteiger charge is 2.12. The molecule has 2 aromatic heterocycles. The fraction of sp³-hybridized carbons (Fsp3) is 0.136. The second-order valence-electron chi connectivity index (χ2n) is 6.46. The number of ether oxygens (including phenoxy) is 1. The van der Waals surface area contributed by atoms with Crippen LogP contribution in [0.25, 0.3) is 16.6 Å². The molecule has 6 nitrogen and oxygen atoms in total. The number of carbonyl (C=O) groups excluding carboxylic acids is 1. The van der Waals surface area contributed by atoms with Gasteiger partial charge in [0.15, 0.2) is 0 Å². The second kappa shape index (κ2) is 7.52. The maximum Gasteiger partial charge on any atom is 0.252 e. The number of methoxy groups -OCH3 is 1. The molecule has 1 N–H and O–H groups in total. The molecule has 4 rings (SSSR count). The maximum atomic E-state index is 12.7. The van der Waals surface area contributed by atoms with E-state index in [1.807, 2.05) is 73.8 Å². The van der Waals surface area contributed by atoms with E-state index in [9.17, 15) is 4.79 Å². The second-order valence-corrected chi connectivity index (χ2v) is 6.46. The molecule has 140 valence electrons. The van der Waals surface area contributed by atoms with Crippen molar-refractivity contribution >= 4 is 16.8 Å². The van der Waals surface area contributed by atoms with Gasteiger partial charge in [-0.05, 0) is 49.4 Å². The van der Waals surface area contributed by atoms with Crippen LogP contribution in [-0.4, -0.2) is 27.8 Å². The third-order valence-corrected chi connectivity index (χ3v) is 4.50. The molecule has 0 atom stereocenters. The predicted octanol–water partition coefficient (Wildman–Crippen LogP) is 3.67. The molecular weight excluding hydrogens is 352 g/mol. The fourth-order valence-corrected chi connectivity index (χ4v) is 3.10. The Morgan fingerprint density at radius 3 is 2.68 bits per heavy atom. The Bertz CT molecular complexity index is 1130. The molecular formula is C22H20N4O2. The van der Waals surface area contributed by atoms with Crippen molar-refractivity contribution in [3.63, 3.8) is 0 Å².